The molecule has 0 fully saturated rings. The van der Waals surface area contributed by atoms with Crippen molar-refractivity contribution in [1.82, 2.24) is 15.2 Å². The molecule has 0 radical (unpaired) electrons. The molecule has 0 spiro atoms. The topological polar surface area (TPSA) is 55.9 Å². The van der Waals surface area contributed by atoms with Gasteiger partial charge in [-0.15, -0.1) is 11.3 Å². The van der Waals surface area contributed by atoms with Crippen molar-refractivity contribution in [1.29, 1.82) is 0 Å². The van der Waals surface area contributed by atoms with E-state index in [0.717, 1.165) is 29.8 Å². The van der Waals surface area contributed by atoms with Gasteiger partial charge >= 0.3 is 0 Å². The van der Waals surface area contributed by atoms with Crippen LogP contribution in [0.5, 0.6) is 0 Å². The summed E-state index contributed by atoms with van der Waals surface area (Å²) in [6.45, 7) is 2.84. The minimum Gasteiger partial charge on any atom is -0.271 e. The Hall–Kier alpha value is 0.270. The van der Waals surface area contributed by atoms with E-state index in [1.807, 2.05) is 4.68 Å². The molecule has 2 rings (SSSR count). The maximum atomic E-state index is 5.72. The van der Waals surface area contributed by atoms with Gasteiger partial charge in [0, 0.05) is 12.1 Å². The monoisotopic (exact) mass is 456 g/mol. The zero-order chi connectivity index (χ0) is 13.3. The molecular weight excluding hydrogens is 448 g/mol. The maximum absolute atomic E-state index is 5.72. The Morgan fingerprint density at radius 3 is 2.72 bits per heavy atom. The second-order valence-electron chi connectivity index (χ2n) is 3.57. The summed E-state index contributed by atoms with van der Waals surface area (Å²) in [5.41, 5.74) is 4.96. The van der Waals surface area contributed by atoms with Gasteiger partial charge in [-0.2, -0.15) is 5.10 Å². The van der Waals surface area contributed by atoms with E-state index in [1.165, 1.54) is 0 Å². The van der Waals surface area contributed by atoms with Crippen LogP contribution in [0.3, 0.4) is 0 Å². The molecule has 8 heteroatoms. The Bertz CT molecular complexity index is 551. The number of hydrazine groups is 1. The molecule has 2 heterocycles. The molecule has 0 aromatic carbocycles. The zero-order valence-corrected chi connectivity index (χ0v) is 15.0. The van der Waals surface area contributed by atoms with E-state index in [1.54, 1.807) is 17.5 Å². The van der Waals surface area contributed by atoms with E-state index in [2.05, 4.69) is 71.3 Å². The number of nitrogens with zero attached hydrogens (tertiary/aromatic N) is 2. The fourth-order valence-electron chi connectivity index (χ4n) is 1.78. The van der Waals surface area contributed by atoms with E-state index in [-0.39, 0.29) is 6.04 Å². The summed E-state index contributed by atoms with van der Waals surface area (Å²) in [5.74, 6) is 5.72. The largest absolute Gasteiger partial charge is 0.271 e. The molecule has 2 aromatic rings. The molecular formula is C10H11Br3N4S. The van der Waals surface area contributed by atoms with Gasteiger partial charge in [0.05, 0.1) is 30.0 Å². The predicted octanol–water partition coefficient (Wildman–Crippen LogP) is 3.80. The van der Waals surface area contributed by atoms with Crippen molar-refractivity contribution in [3.8, 4) is 0 Å². The lowest BCUT2D eigenvalue weighted by atomic mass is 10.1. The highest BCUT2D eigenvalue weighted by Gasteiger charge is 2.23. The highest BCUT2D eigenvalue weighted by atomic mass is 79.9. The van der Waals surface area contributed by atoms with Crippen molar-refractivity contribution in [3.63, 3.8) is 0 Å². The summed E-state index contributed by atoms with van der Waals surface area (Å²) in [7, 11) is 0. The SMILES string of the molecule is CCn1ncc(Br)c1C(NN)c1cc(Br)sc1Br. The van der Waals surface area contributed by atoms with Gasteiger partial charge in [-0.25, -0.2) is 5.43 Å². The number of hydrogen-bond acceptors (Lipinski definition) is 4. The van der Waals surface area contributed by atoms with Crippen LogP contribution in [0.25, 0.3) is 0 Å². The second kappa shape index (κ2) is 6.15. The highest BCUT2D eigenvalue weighted by molar-refractivity contribution is 9.12. The summed E-state index contributed by atoms with van der Waals surface area (Å²) in [6.07, 6.45) is 1.79. The number of aryl methyl sites for hydroxylation is 1. The van der Waals surface area contributed by atoms with Crippen LogP contribution in [0.2, 0.25) is 0 Å². The molecule has 98 valence electrons. The first-order valence-electron chi connectivity index (χ1n) is 5.20. The molecule has 0 aliphatic rings. The van der Waals surface area contributed by atoms with E-state index in [0.29, 0.717) is 0 Å². The standard InChI is InChI=1S/C10H11Br3N4S/c1-2-17-9(6(11)4-15-17)8(16-14)5-3-7(12)18-10(5)13/h3-4,8,16H,2,14H2,1H3. The van der Waals surface area contributed by atoms with Crippen LogP contribution in [0.15, 0.2) is 24.3 Å². The van der Waals surface area contributed by atoms with Crippen molar-refractivity contribution in [2.24, 2.45) is 5.84 Å². The smallest absolute Gasteiger partial charge is 0.0909 e. The summed E-state index contributed by atoms with van der Waals surface area (Å²) in [6, 6.07) is 1.94. The number of nitrogens with two attached hydrogens (primary N) is 1. The predicted molar refractivity (Wildman–Crippen MR) is 84.5 cm³/mol. The van der Waals surface area contributed by atoms with Crippen LogP contribution in [-0.2, 0) is 6.54 Å². The first kappa shape index (κ1) is 14.7. The van der Waals surface area contributed by atoms with Gasteiger partial charge in [0.25, 0.3) is 0 Å². The molecule has 0 saturated carbocycles. The first-order chi connectivity index (χ1) is 8.58. The molecule has 2 aromatic heterocycles. The molecule has 0 amide bonds. The zero-order valence-electron chi connectivity index (χ0n) is 9.45. The van der Waals surface area contributed by atoms with Gasteiger partial charge in [0.2, 0.25) is 0 Å². The van der Waals surface area contributed by atoms with Gasteiger partial charge < -0.3 is 0 Å². The third-order valence-electron chi connectivity index (χ3n) is 2.57. The van der Waals surface area contributed by atoms with Crippen molar-refractivity contribution in [3.05, 3.63) is 35.6 Å². The van der Waals surface area contributed by atoms with E-state index in [9.17, 15) is 0 Å². The average molecular weight is 459 g/mol. The molecule has 0 saturated heterocycles. The molecule has 1 unspecified atom stereocenters. The minimum absolute atomic E-state index is 0.112. The lowest BCUT2D eigenvalue weighted by molar-refractivity contribution is 0.542. The summed E-state index contributed by atoms with van der Waals surface area (Å²) < 4.78 is 4.98. The van der Waals surface area contributed by atoms with E-state index < -0.39 is 0 Å². The normalized spacial score (nSPS) is 12.9. The first-order valence-corrected chi connectivity index (χ1v) is 8.40. The molecule has 0 aliphatic heterocycles. The molecule has 0 aliphatic carbocycles. The van der Waals surface area contributed by atoms with Crippen LogP contribution in [0.1, 0.15) is 24.2 Å². The summed E-state index contributed by atoms with van der Waals surface area (Å²) in [5, 5.41) is 4.32. The third-order valence-corrected chi connectivity index (χ3v) is 5.56. The molecule has 18 heavy (non-hydrogen) atoms. The molecule has 3 N–H and O–H groups in total. The summed E-state index contributed by atoms with van der Waals surface area (Å²) in [4.78, 5) is 0. The third kappa shape index (κ3) is 2.73. The van der Waals surface area contributed by atoms with Gasteiger partial charge in [0.1, 0.15) is 0 Å². The van der Waals surface area contributed by atoms with Gasteiger partial charge in [-0.3, -0.25) is 10.5 Å². The highest BCUT2D eigenvalue weighted by Crippen LogP contribution is 2.39. The van der Waals surface area contributed by atoms with Crippen molar-refractivity contribution < 1.29 is 0 Å². The lowest BCUT2D eigenvalue weighted by Crippen LogP contribution is -2.30. The quantitative estimate of drug-likeness (QED) is 0.541. The van der Waals surface area contributed by atoms with E-state index in [4.69, 9.17) is 5.84 Å². The Labute approximate surface area is 134 Å². The van der Waals surface area contributed by atoms with Crippen molar-refractivity contribution in [2.45, 2.75) is 19.5 Å². The van der Waals surface area contributed by atoms with Crippen LogP contribution < -0.4 is 11.3 Å². The number of hydrogen-bond donors (Lipinski definition) is 2. The van der Waals surface area contributed by atoms with Crippen LogP contribution in [0.4, 0.5) is 0 Å². The number of thiophene rings is 1. The Morgan fingerprint density at radius 1 is 1.50 bits per heavy atom. The fraction of sp³-hybridized carbons (Fsp3) is 0.300. The van der Waals surface area contributed by atoms with Gasteiger partial charge in [-0.05, 0) is 60.8 Å². The van der Waals surface area contributed by atoms with Crippen LogP contribution in [0, 0.1) is 0 Å². The minimum atomic E-state index is -0.112. The van der Waals surface area contributed by atoms with Gasteiger partial charge in [0.15, 0.2) is 0 Å². The van der Waals surface area contributed by atoms with Crippen molar-refractivity contribution in [2.75, 3.05) is 0 Å². The van der Waals surface area contributed by atoms with E-state index >= 15 is 0 Å². The Balaban J connectivity index is 2.51. The molecule has 0 bridgehead atoms. The van der Waals surface area contributed by atoms with Crippen LogP contribution >= 0.6 is 59.1 Å². The summed E-state index contributed by atoms with van der Waals surface area (Å²) >= 11 is 12.2. The Morgan fingerprint density at radius 2 is 2.22 bits per heavy atom. The second-order valence-corrected chi connectivity index (χ2v) is 8.18. The fourth-order valence-corrected chi connectivity index (χ4v) is 5.20. The lowest BCUT2D eigenvalue weighted by Gasteiger charge is -2.17. The van der Waals surface area contributed by atoms with Crippen LogP contribution in [-0.4, -0.2) is 9.78 Å². The van der Waals surface area contributed by atoms with Crippen molar-refractivity contribution >= 4 is 59.1 Å². The number of halogens is 3. The average Bonchev–Trinajstić information content (AvgIpc) is 2.85. The number of aromatic nitrogens is 2. The number of rotatable bonds is 4. The Kier molecular flexibility index (Phi) is 5.01. The molecule has 4 nitrogen and oxygen atoms in total. The maximum Gasteiger partial charge on any atom is 0.0909 e. The van der Waals surface area contributed by atoms with Gasteiger partial charge in [-0.1, -0.05) is 0 Å². The number of nitrogens with one attached hydrogen (secondary N) is 1. The molecule has 1 atom stereocenters.